The van der Waals surface area contributed by atoms with E-state index in [4.69, 9.17) is 0 Å². The monoisotopic (exact) mass is 440 g/mol. The lowest BCUT2D eigenvalue weighted by atomic mass is 10.3. The molecule has 9 heteroatoms. The summed E-state index contributed by atoms with van der Waals surface area (Å²) in [5.74, 6) is -0.991. The fourth-order valence-corrected chi connectivity index (χ4v) is 3.34. The van der Waals surface area contributed by atoms with E-state index in [1.54, 1.807) is 4.98 Å². The van der Waals surface area contributed by atoms with Crippen LogP contribution >= 0.6 is 0 Å². The second kappa shape index (κ2) is 8.39. The molecule has 4 aromatic heterocycles. The lowest BCUT2D eigenvalue weighted by molar-refractivity contribution is 0.597. The van der Waals surface area contributed by atoms with Gasteiger partial charge in [-0.15, -0.1) is 0 Å². The van der Waals surface area contributed by atoms with Crippen LogP contribution in [0.25, 0.3) is 46.4 Å². The number of aromatic amines is 4. The van der Waals surface area contributed by atoms with Crippen LogP contribution in [0.2, 0.25) is 0 Å². The first-order valence-electron chi connectivity index (χ1n) is 10.0. The van der Waals surface area contributed by atoms with Gasteiger partial charge in [-0.1, -0.05) is 0 Å². The highest BCUT2D eigenvalue weighted by Gasteiger charge is 2.02. The van der Waals surface area contributed by atoms with Crippen LogP contribution in [0.1, 0.15) is 22.8 Å². The van der Waals surface area contributed by atoms with E-state index in [1.165, 1.54) is 0 Å². The van der Waals surface area contributed by atoms with Crippen LogP contribution in [-0.2, 0) is 0 Å². The van der Waals surface area contributed by atoms with Gasteiger partial charge in [0.15, 0.2) is 0 Å². The molecule has 0 unspecified atom stereocenters. The van der Waals surface area contributed by atoms with Gasteiger partial charge in [0.1, 0.15) is 0 Å². The van der Waals surface area contributed by atoms with E-state index < -0.39 is 17.1 Å². The SMILES string of the molecule is C1=Cc2cc3ccc(cc4ccc(cc5nc(cc1n2)C=C5)[nH]4)[nH]3.O=c1[nH]cc(F)c(=O)[nH]1. The lowest BCUT2D eigenvalue weighted by Gasteiger charge is -1.86. The number of rotatable bonds is 0. The van der Waals surface area contributed by atoms with E-state index in [9.17, 15) is 14.0 Å². The molecule has 2 aliphatic rings. The zero-order valence-corrected chi connectivity index (χ0v) is 17.1. The lowest BCUT2D eigenvalue weighted by Crippen LogP contribution is -2.23. The van der Waals surface area contributed by atoms with Crippen LogP contribution < -0.4 is 11.2 Å². The summed E-state index contributed by atoms with van der Waals surface area (Å²) >= 11 is 0. The minimum Gasteiger partial charge on any atom is -0.355 e. The average Bonchev–Trinajstić information content (AvgIpc) is 3.57. The first kappa shape index (κ1) is 20.1. The normalized spacial score (nSPS) is 11.8. The van der Waals surface area contributed by atoms with Crippen molar-refractivity contribution in [3.05, 3.63) is 104 Å². The van der Waals surface area contributed by atoms with Crippen molar-refractivity contribution in [3.8, 4) is 0 Å². The molecule has 0 aromatic carbocycles. The Balaban J connectivity index is 0.000000215. The Morgan fingerprint density at radius 1 is 0.606 bits per heavy atom. The maximum atomic E-state index is 12.0. The molecule has 4 aromatic rings. The Labute approximate surface area is 185 Å². The van der Waals surface area contributed by atoms with E-state index in [1.807, 2.05) is 47.5 Å². The highest BCUT2D eigenvalue weighted by molar-refractivity contribution is 5.77. The van der Waals surface area contributed by atoms with E-state index in [2.05, 4.69) is 50.3 Å². The van der Waals surface area contributed by atoms with Gasteiger partial charge in [0.2, 0.25) is 5.82 Å². The molecular weight excluding hydrogens is 423 g/mol. The van der Waals surface area contributed by atoms with Gasteiger partial charge in [-0.2, -0.15) is 4.39 Å². The van der Waals surface area contributed by atoms with Crippen molar-refractivity contribution in [2.24, 2.45) is 0 Å². The van der Waals surface area contributed by atoms with Crippen LogP contribution in [0, 0.1) is 5.82 Å². The van der Waals surface area contributed by atoms with Gasteiger partial charge in [-0.25, -0.2) is 14.8 Å². The molecular formula is C24H17FN6O2. The smallest absolute Gasteiger partial charge is 0.325 e. The van der Waals surface area contributed by atoms with Crippen LogP contribution in [0.4, 0.5) is 4.39 Å². The molecule has 6 heterocycles. The largest absolute Gasteiger partial charge is 0.355 e. The number of H-pyrrole nitrogens is 4. The van der Waals surface area contributed by atoms with E-state index >= 15 is 0 Å². The summed E-state index contributed by atoms with van der Waals surface area (Å²) in [6.45, 7) is 0. The maximum absolute atomic E-state index is 12.0. The van der Waals surface area contributed by atoms with Crippen LogP contribution in [0.15, 0.2) is 64.3 Å². The molecule has 33 heavy (non-hydrogen) atoms. The summed E-state index contributed by atoms with van der Waals surface area (Å²) < 4.78 is 12.0. The van der Waals surface area contributed by atoms with E-state index in [0.717, 1.165) is 44.8 Å². The highest BCUT2D eigenvalue weighted by Crippen LogP contribution is 2.17. The Morgan fingerprint density at radius 2 is 1.06 bits per heavy atom. The number of halogens is 1. The zero-order chi connectivity index (χ0) is 22.8. The fourth-order valence-electron chi connectivity index (χ4n) is 3.34. The predicted octanol–water partition coefficient (Wildman–Crippen LogP) is 3.86. The van der Waals surface area contributed by atoms with E-state index in [0.29, 0.717) is 6.20 Å². The average molecular weight is 440 g/mol. The van der Waals surface area contributed by atoms with Crippen molar-refractivity contribution in [3.63, 3.8) is 0 Å². The number of hydrogen-bond acceptors (Lipinski definition) is 4. The molecule has 0 saturated heterocycles. The minimum atomic E-state index is -1.00. The zero-order valence-electron chi connectivity index (χ0n) is 17.1. The van der Waals surface area contributed by atoms with Crippen molar-refractivity contribution < 1.29 is 4.39 Å². The molecule has 0 radical (unpaired) electrons. The molecule has 0 aliphatic carbocycles. The summed E-state index contributed by atoms with van der Waals surface area (Å²) in [7, 11) is 0. The molecule has 162 valence electrons. The van der Waals surface area contributed by atoms with Crippen molar-refractivity contribution >= 4 is 46.4 Å². The Bertz CT molecular complexity index is 1600. The minimum absolute atomic E-state index is 0.707. The second-order valence-electron chi connectivity index (χ2n) is 7.32. The molecule has 0 saturated carbocycles. The first-order chi connectivity index (χ1) is 16.0. The van der Waals surface area contributed by atoms with Gasteiger partial charge in [0, 0.05) is 28.3 Å². The van der Waals surface area contributed by atoms with Gasteiger partial charge in [0.25, 0.3) is 5.56 Å². The van der Waals surface area contributed by atoms with Crippen molar-refractivity contribution in [2.75, 3.05) is 0 Å². The third-order valence-electron chi connectivity index (χ3n) is 4.82. The molecule has 4 N–H and O–H groups in total. The van der Waals surface area contributed by atoms with Gasteiger partial charge >= 0.3 is 5.69 Å². The van der Waals surface area contributed by atoms with Crippen LogP contribution in [-0.4, -0.2) is 29.9 Å². The molecule has 8 nitrogen and oxygen atoms in total. The standard InChI is InChI=1S/C20H14N4.C4H3FN2O2/c1-2-14-10-16-5-6-18(23-16)12-20-8-7-19(24-20)11-17-4-3-15(22-17)9-13(1)21-14;5-2-1-6-4(9)7-3(2)8/h1-12,21-22H;1H,(H2,6,7,8,9). The van der Waals surface area contributed by atoms with Gasteiger partial charge in [-0.3, -0.25) is 9.78 Å². The number of hydrogen-bond donors (Lipinski definition) is 4. The summed E-state index contributed by atoms with van der Waals surface area (Å²) in [6.07, 6.45) is 8.76. The van der Waals surface area contributed by atoms with Gasteiger partial charge in [0.05, 0.1) is 22.8 Å². The fraction of sp³-hybridized carbons (Fsp3) is 0. The Kier molecular flexibility index (Phi) is 5.12. The molecule has 2 aliphatic heterocycles. The molecule has 6 rings (SSSR count). The van der Waals surface area contributed by atoms with Crippen LogP contribution in [0.3, 0.4) is 0 Å². The van der Waals surface area contributed by atoms with E-state index in [-0.39, 0.29) is 0 Å². The molecule has 0 fully saturated rings. The summed E-state index contributed by atoms with van der Waals surface area (Å²) in [4.78, 5) is 40.0. The molecule has 0 atom stereocenters. The molecule has 8 bridgehead atoms. The topological polar surface area (TPSA) is 123 Å². The third-order valence-corrected chi connectivity index (χ3v) is 4.82. The van der Waals surface area contributed by atoms with Crippen molar-refractivity contribution in [2.45, 2.75) is 0 Å². The van der Waals surface area contributed by atoms with Crippen molar-refractivity contribution in [1.29, 1.82) is 0 Å². The first-order valence-corrected chi connectivity index (χ1v) is 10.0. The van der Waals surface area contributed by atoms with Gasteiger partial charge < -0.3 is 15.0 Å². The predicted molar refractivity (Wildman–Crippen MR) is 126 cm³/mol. The Hall–Kier alpha value is -4.79. The number of aromatic nitrogens is 6. The quantitative estimate of drug-likeness (QED) is 0.286. The number of nitrogens with zero attached hydrogens (tertiary/aromatic N) is 2. The van der Waals surface area contributed by atoms with Crippen LogP contribution in [0.5, 0.6) is 0 Å². The number of fused-ring (bicyclic) bond motifs is 8. The summed E-state index contributed by atoms with van der Waals surface area (Å²) in [6, 6.07) is 16.4. The number of nitrogens with one attached hydrogen (secondary N) is 4. The summed E-state index contributed by atoms with van der Waals surface area (Å²) in [5, 5.41) is 0. The van der Waals surface area contributed by atoms with Crippen molar-refractivity contribution in [1.82, 2.24) is 29.9 Å². The second-order valence-corrected chi connectivity index (χ2v) is 7.32. The summed E-state index contributed by atoms with van der Waals surface area (Å²) in [5.41, 5.74) is 6.15. The third kappa shape index (κ3) is 4.77. The molecule has 0 spiro atoms. The Morgan fingerprint density at radius 3 is 1.52 bits per heavy atom. The van der Waals surface area contributed by atoms with Gasteiger partial charge in [-0.05, 0) is 72.8 Å². The maximum Gasteiger partial charge on any atom is 0.325 e. The highest BCUT2D eigenvalue weighted by atomic mass is 19.1. The molecule has 0 amide bonds.